The van der Waals surface area contributed by atoms with E-state index in [1.807, 2.05) is 36.4 Å². The van der Waals surface area contributed by atoms with Gasteiger partial charge >= 0.3 is 0 Å². The number of hydrogen-bond acceptors (Lipinski definition) is 3. The second-order valence-electron chi connectivity index (χ2n) is 4.21. The number of rotatable bonds is 1. The highest BCUT2D eigenvalue weighted by Gasteiger charge is 2.09. The highest BCUT2D eigenvalue weighted by atomic mass is 35.5. The summed E-state index contributed by atoms with van der Waals surface area (Å²) in [4.78, 5) is 4.63. The third kappa shape index (κ3) is 1.96. The van der Waals surface area contributed by atoms with Crippen LogP contribution in [0.2, 0.25) is 5.02 Å². The number of benzene rings is 2. The molecule has 0 radical (unpaired) electrons. The summed E-state index contributed by atoms with van der Waals surface area (Å²) in [5.41, 5.74) is 9.84. The number of aromatic nitrogens is 1. The normalized spacial score (nSPS) is 11.0. The second kappa shape index (κ2) is 4.26. The van der Waals surface area contributed by atoms with Gasteiger partial charge in [0.1, 0.15) is 5.01 Å². The molecule has 1 aromatic heterocycles. The van der Waals surface area contributed by atoms with Gasteiger partial charge in [0.2, 0.25) is 0 Å². The van der Waals surface area contributed by atoms with Crippen molar-refractivity contribution in [1.82, 2.24) is 4.98 Å². The van der Waals surface area contributed by atoms with E-state index in [-0.39, 0.29) is 0 Å². The minimum Gasteiger partial charge on any atom is -0.399 e. The first-order valence-electron chi connectivity index (χ1n) is 5.56. The maximum Gasteiger partial charge on any atom is 0.124 e. The van der Waals surface area contributed by atoms with E-state index in [1.165, 1.54) is 5.56 Å². The minimum atomic E-state index is 0.738. The summed E-state index contributed by atoms with van der Waals surface area (Å²) in [5, 5.41) is 1.72. The molecule has 0 atom stereocenters. The Morgan fingerprint density at radius 1 is 1.17 bits per heavy atom. The van der Waals surface area contributed by atoms with E-state index >= 15 is 0 Å². The van der Waals surface area contributed by atoms with E-state index in [0.717, 1.165) is 31.5 Å². The molecule has 18 heavy (non-hydrogen) atoms. The number of aryl methyl sites for hydroxylation is 1. The third-order valence-corrected chi connectivity index (χ3v) is 4.13. The predicted molar refractivity (Wildman–Crippen MR) is 79.2 cm³/mol. The summed E-state index contributed by atoms with van der Waals surface area (Å²) in [7, 11) is 0. The first-order chi connectivity index (χ1) is 8.63. The van der Waals surface area contributed by atoms with Gasteiger partial charge in [0.05, 0.1) is 10.2 Å². The quantitative estimate of drug-likeness (QED) is 0.663. The van der Waals surface area contributed by atoms with Crippen molar-refractivity contribution in [2.24, 2.45) is 0 Å². The molecule has 0 saturated heterocycles. The van der Waals surface area contributed by atoms with Crippen molar-refractivity contribution < 1.29 is 0 Å². The van der Waals surface area contributed by atoms with Gasteiger partial charge in [-0.05, 0) is 42.8 Å². The van der Waals surface area contributed by atoms with Gasteiger partial charge in [-0.2, -0.15) is 0 Å². The number of fused-ring (bicyclic) bond motifs is 1. The number of anilines is 1. The van der Waals surface area contributed by atoms with Crippen LogP contribution < -0.4 is 5.73 Å². The standard InChI is InChI=1S/C14H11ClN2S/c1-8-2-4-10(16)7-11(8)14-17-12-5-3-9(15)6-13(12)18-14/h2-7H,16H2,1H3. The first-order valence-corrected chi connectivity index (χ1v) is 6.75. The van der Waals surface area contributed by atoms with Gasteiger partial charge in [-0.25, -0.2) is 4.98 Å². The smallest absolute Gasteiger partial charge is 0.124 e. The van der Waals surface area contributed by atoms with Gasteiger partial charge in [-0.3, -0.25) is 0 Å². The molecule has 0 aliphatic rings. The lowest BCUT2D eigenvalue weighted by Crippen LogP contribution is -1.88. The molecular weight excluding hydrogens is 264 g/mol. The van der Waals surface area contributed by atoms with Crippen molar-refractivity contribution in [3.63, 3.8) is 0 Å². The fourth-order valence-corrected chi connectivity index (χ4v) is 3.21. The Bertz CT molecular complexity index is 734. The summed E-state index contributed by atoms with van der Waals surface area (Å²) in [5.74, 6) is 0. The van der Waals surface area contributed by atoms with Crippen molar-refractivity contribution in [3.8, 4) is 10.6 Å². The molecular formula is C14H11ClN2S. The summed E-state index contributed by atoms with van der Waals surface area (Å²) in [6.07, 6.45) is 0. The molecule has 1 heterocycles. The van der Waals surface area contributed by atoms with Crippen LogP contribution in [0.4, 0.5) is 5.69 Å². The maximum atomic E-state index is 5.99. The van der Waals surface area contributed by atoms with Gasteiger partial charge < -0.3 is 5.73 Å². The Labute approximate surface area is 114 Å². The molecule has 0 amide bonds. The lowest BCUT2D eigenvalue weighted by molar-refractivity contribution is 1.41. The van der Waals surface area contributed by atoms with Gasteiger partial charge in [-0.1, -0.05) is 17.7 Å². The SMILES string of the molecule is Cc1ccc(N)cc1-c1nc2ccc(Cl)cc2s1. The predicted octanol–water partition coefficient (Wildman–Crippen LogP) is 4.51. The van der Waals surface area contributed by atoms with E-state index in [9.17, 15) is 0 Å². The summed E-state index contributed by atoms with van der Waals surface area (Å²) >= 11 is 7.63. The highest BCUT2D eigenvalue weighted by molar-refractivity contribution is 7.21. The molecule has 2 aromatic carbocycles. The van der Waals surface area contributed by atoms with Crippen molar-refractivity contribution in [3.05, 3.63) is 47.0 Å². The fourth-order valence-electron chi connectivity index (χ4n) is 1.88. The van der Waals surface area contributed by atoms with E-state index < -0.39 is 0 Å². The molecule has 0 fully saturated rings. The topological polar surface area (TPSA) is 38.9 Å². The molecule has 2 N–H and O–H groups in total. The van der Waals surface area contributed by atoms with Crippen LogP contribution in [0.15, 0.2) is 36.4 Å². The van der Waals surface area contributed by atoms with Gasteiger partial charge in [0.25, 0.3) is 0 Å². The first kappa shape index (κ1) is 11.5. The van der Waals surface area contributed by atoms with Crippen LogP contribution in [0.1, 0.15) is 5.56 Å². The molecule has 0 aliphatic carbocycles. The molecule has 0 unspecified atom stereocenters. The largest absolute Gasteiger partial charge is 0.399 e. The minimum absolute atomic E-state index is 0.738. The lowest BCUT2D eigenvalue weighted by Gasteiger charge is -2.02. The number of hydrogen-bond donors (Lipinski definition) is 1. The molecule has 3 rings (SSSR count). The molecule has 0 spiro atoms. The number of nitrogen functional groups attached to an aromatic ring is 1. The Morgan fingerprint density at radius 2 is 2.00 bits per heavy atom. The van der Waals surface area contributed by atoms with Crippen LogP contribution in [0.5, 0.6) is 0 Å². The monoisotopic (exact) mass is 274 g/mol. The molecule has 2 nitrogen and oxygen atoms in total. The van der Waals surface area contributed by atoms with E-state index in [0.29, 0.717) is 0 Å². The average molecular weight is 275 g/mol. The summed E-state index contributed by atoms with van der Waals surface area (Å²) < 4.78 is 1.10. The zero-order valence-corrected chi connectivity index (χ0v) is 11.3. The molecule has 3 aromatic rings. The van der Waals surface area contributed by atoms with Crippen molar-refractivity contribution >= 4 is 38.8 Å². The number of nitrogens with zero attached hydrogens (tertiary/aromatic N) is 1. The van der Waals surface area contributed by atoms with Crippen molar-refractivity contribution in [1.29, 1.82) is 0 Å². The molecule has 90 valence electrons. The number of halogens is 1. The van der Waals surface area contributed by atoms with E-state index in [4.69, 9.17) is 17.3 Å². The lowest BCUT2D eigenvalue weighted by atomic mass is 10.1. The van der Waals surface area contributed by atoms with Crippen LogP contribution in [-0.2, 0) is 0 Å². The van der Waals surface area contributed by atoms with Crippen LogP contribution in [0.25, 0.3) is 20.8 Å². The zero-order valence-electron chi connectivity index (χ0n) is 9.77. The average Bonchev–Trinajstić information content (AvgIpc) is 2.74. The summed E-state index contributed by atoms with van der Waals surface area (Å²) in [6.45, 7) is 2.06. The Morgan fingerprint density at radius 3 is 2.83 bits per heavy atom. The maximum absolute atomic E-state index is 5.99. The number of nitrogens with two attached hydrogens (primary N) is 1. The van der Waals surface area contributed by atoms with Crippen LogP contribution in [0, 0.1) is 6.92 Å². The van der Waals surface area contributed by atoms with E-state index in [2.05, 4.69) is 11.9 Å². The summed E-state index contributed by atoms with van der Waals surface area (Å²) in [6, 6.07) is 11.6. The van der Waals surface area contributed by atoms with Gasteiger partial charge in [0.15, 0.2) is 0 Å². The van der Waals surface area contributed by atoms with Gasteiger partial charge in [0, 0.05) is 16.3 Å². The zero-order chi connectivity index (χ0) is 12.7. The van der Waals surface area contributed by atoms with Gasteiger partial charge in [-0.15, -0.1) is 11.3 Å². The van der Waals surface area contributed by atoms with E-state index in [1.54, 1.807) is 11.3 Å². The van der Waals surface area contributed by atoms with Crippen LogP contribution in [0.3, 0.4) is 0 Å². The second-order valence-corrected chi connectivity index (χ2v) is 5.67. The molecule has 0 aliphatic heterocycles. The van der Waals surface area contributed by atoms with Crippen molar-refractivity contribution in [2.75, 3.05) is 5.73 Å². The van der Waals surface area contributed by atoms with Crippen LogP contribution in [-0.4, -0.2) is 4.98 Å². The van der Waals surface area contributed by atoms with Crippen molar-refractivity contribution in [2.45, 2.75) is 6.92 Å². The Hall–Kier alpha value is -1.58. The highest BCUT2D eigenvalue weighted by Crippen LogP contribution is 2.34. The Kier molecular flexibility index (Phi) is 2.73. The fraction of sp³-hybridized carbons (Fsp3) is 0.0714. The third-order valence-electron chi connectivity index (χ3n) is 2.84. The number of thiazole rings is 1. The molecule has 4 heteroatoms. The Balaban J connectivity index is 2.22. The molecule has 0 saturated carbocycles. The molecule has 0 bridgehead atoms. The van der Waals surface area contributed by atoms with Crippen LogP contribution >= 0.6 is 22.9 Å².